The molecule has 2 atom stereocenters. The Morgan fingerprint density at radius 2 is 1.49 bits per heavy atom. The lowest BCUT2D eigenvalue weighted by Gasteiger charge is -2.60. The van der Waals surface area contributed by atoms with Gasteiger partial charge in [-0.2, -0.15) is 0 Å². The van der Waals surface area contributed by atoms with Crippen molar-refractivity contribution in [3.05, 3.63) is 114 Å². The van der Waals surface area contributed by atoms with Crippen LogP contribution in [0.1, 0.15) is 35.4 Å². The molecule has 0 aromatic heterocycles. The van der Waals surface area contributed by atoms with Crippen molar-refractivity contribution in [3.8, 4) is 5.75 Å². The number of piperidine rings is 3. The molecule has 3 aromatic carbocycles. The first-order valence-electron chi connectivity index (χ1n) is 12.7. The summed E-state index contributed by atoms with van der Waals surface area (Å²) in [6.07, 6.45) is 4.72. The first-order chi connectivity index (χ1) is 16.8. The molecule has 6 rings (SSSR count). The SMILES string of the molecule is C=CC[N+]12CCC(CC1)[C@H](NCc1ccccc1OC)[C@@H]2C(c1ccccc1)c1ccccc1.[Br-]. The second kappa shape index (κ2) is 11.6. The van der Waals surface area contributed by atoms with Gasteiger partial charge in [0.2, 0.25) is 0 Å². The molecular formula is C31H37BrN2O. The number of fused-ring (bicyclic) bond motifs is 3. The van der Waals surface area contributed by atoms with E-state index in [0.717, 1.165) is 23.3 Å². The van der Waals surface area contributed by atoms with Crippen LogP contribution in [0, 0.1) is 5.92 Å². The lowest BCUT2D eigenvalue weighted by atomic mass is 9.68. The first-order valence-corrected chi connectivity index (χ1v) is 12.7. The molecule has 2 bridgehead atoms. The summed E-state index contributed by atoms with van der Waals surface area (Å²) in [6.45, 7) is 8.53. The first kappa shape index (κ1) is 25.7. The highest BCUT2D eigenvalue weighted by Gasteiger charge is 2.56. The smallest absolute Gasteiger partial charge is 0.123 e. The van der Waals surface area contributed by atoms with Gasteiger partial charge in [0, 0.05) is 24.9 Å². The Morgan fingerprint density at radius 1 is 0.914 bits per heavy atom. The Bertz CT molecular complexity index is 1040. The molecule has 3 saturated heterocycles. The molecule has 4 heteroatoms. The number of halogens is 1. The molecule has 3 aromatic rings. The van der Waals surface area contributed by atoms with Crippen molar-refractivity contribution < 1.29 is 26.2 Å². The standard InChI is InChI=1S/C31H37N2O.BrH/c1-3-20-33-21-18-26(19-22-33)30(32-23-27-16-10-11-17-28(27)34-2)31(33)29(24-12-6-4-7-13-24)25-14-8-5-9-15-25;/h3-17,26,29-32H,1,18-23H2,2H3;1H/q+1;/p-1/t26?,30-,31-,33?;/m0./s1. The molecule has 3 nitrogen and oxygen atoms in total. The van der Waals surface area contributed by atoms with Gasteiger partial charge >= 0.3 is 0 Å². The molecule has 0 aliphatic carbocycles. The van der Waals surface area contributed by atoms with Crippen LogP contribution in [0.2, 0.25) is 0 Å². The van der Waals surface area contributed by atoms with Crippen LogP contribution in [0.15, 0.2) is 97.6 Å². The number of benzene rings is 3. The molecule has 0 radical (unpaired) electrons. The van der Waals surface area contributed by atoms with Crippen LogP contribution in [-0.2, 0) is 6.54 Å². The van der Waals surface area contributed by atoms with E-state index in [1.165, 1.54) is 42.6 Å². The summed E-state index contributed by atoms with van der Waals surface area (Å²) in [7, 11) is 1.76. The van der Waals surface area contributed by atoms with Crippen molar-refractivity contribution in [1.82, 2.24) is 5.32 Å². The highest BCUT2D eigenvalue weighted by atomic mass is 79.9. The second-order valence-electron chi connectivity index (χ2n) is 9.98. The number of ether oxygens (including phenoxy) is 1. The van der Waals surface area contributed by atoms with Gasteiger partial charge in [-0.25, -0.2) is 0 Å². The average Bonchev–Trinajstić information content (AvgIpc) is 2.90. The van der Waals surface area contributed by atoms with Gasteiger partial charge in [-0.05, 0) is 29.2 Å². The van der Waals surface area contributed by atoms with Crippen molar-refractivity contribution in [2.24, 2.45) is 5.92 Å². The van der Waals surface area contributed by atoms with Crippen molar-refractivity contribution in [2.45, 2.75) is 37.4 Å². The molecule has 1 N–H and O–H groups in total. The van der Waals surface area contributed by atoms with E-state index in [4.69, 9.17) is 4.74 Å². The largest absolute Gasteiger partial charge is 1.00 e. The fraction of sp³-hybridized carbons (Fsp3) is 0.355. The number of rotatable bonds is 9. The quantitative estimate of drug-likeness (QED) is 0.338. The normalized spacial score (nSPS) is 25.1. The topological polar surface area (TPSA) is 21.3 Å². The summed E-state index contributed by atoms with van der Waals surface area (Å²) < 4.78 is 6.78. The highest BCUT2D eigenvalue weighted by molar-refractivity contribution is 5.36. The van der Waals surface area contributed by atoms with Gasteiger partial charge in [-0.1, -0.05) is 85.4 Å². The minimum Gasteiger partial charge on any atom is -1.00 e. The van der Waals surface area contributed by atoms with Crippen LogP contribution in [-0.4, -0.2) is 43.3 Å². The fourth-order valence-corrected chi connectivity index (χ4v) is 6.74. The van der Waals surface area contributed by atoms with Crippen LogP contribution >= 0.6 is 0 Å². The van der Waals surface area contributed by atoms with Gasteiger partial charge in [0.25, 0.3) is 0 Å². The van der Waals surface area contributed by atoms with E-state index in [2.05, 4.69) is 96.8 Å². The molecule has 0 saturated carbocycles. The number of hydrogen-bond acceptors (Lipinski definition) is 2. The Balaban J connectivity index is 0.00000289. The maximum Gasteiger partial charge on any atom is 0.123 e. The van der Waals surface area contributed by atoms with Crippen molar-refractivity contribution in [1.29, 1.82) is 0 Å². The van der Waals surface area contributed by atoms with E-state index in [1.54, 1.807) is 7.11 Å². The Kier molecular flexibility index (Phi) is 8.48. The third kappa shape index (κ3) is 5.11. The number of methoxy groups -OCH3 is 1. The minimum absolute atomic E-state index is 0. The average molecular weight is 534 g/mol. The Labute approximate surface area is 221 Å². The van der Waals surface area contributed by atoms with Crippen LogP contribution in [0.25, 0.3) is 0 Å². The zero-order valence-electron chi connectivity index (χ0n) is 20.7. The van der Waals surface area contributed by atoms with Crippen LogP contribution < -0.4 is 27.0 Å². The van der Waals surface area contributed by atoms with Gasteiger partial charge in [0.15, 0.2) is 0 Å². The van der Waals surface area contributed by atoms with Crippen LogP contribution in [0.4, 0.5) is 0 Å². The minimum atomic E-state index is 0. The van der Waals surface area contributed by atoms with Crippen molar-refractivity contribution >= 4 is 0 Å². The molecule has 35 heavy (non-hydrogen) atoms. The summed E-state index contributed by atoms with van der Waals surface area (Å²) in [5, 5.41) is 4.07. The summed E-state index contributed by atoms with van der Waals surface area (Å²) in [5.74, 6) is 1.99. The third-order valence-corrected chi connectivity index (χ3v) is 8.27. The summed E-state index contributed by atoms with van der Waals surface area (Å²) in [5.41, 5.74) is 4.06. The number of quaternary nitrogens is 1. The molecule has 0 unspecified atom stereocenters. The molecule has 0 amide bonds. The number of nitrogens with one attached hydrogen (secondary N) is 1. The summed E-state index contributed by atoms with van der Waals surface area (Å²) in [4.78, 5) is 0. The van der Waals surface area contributed by atoms with Gasteiger partial charge in [-0.3, -0.25) is 0 Å². The molecule has 3 aliphatic rings. The van der Waals surface area contributed by atoms with E-state index < -0.39 is 0 Å². The zero-order chi connectivity index (χ0) is 23.4. The van der Waals surface area contributed by atoms with E-state index in [9.17, 15) is 0 Å². The fourth-order valence-electron chi connectivity index (χ4n) is 6.74. The van der Waals surface area contributed by atoms with Crippen molar-refractivity contribution in [2.75, 3.05) is 26.7 Å². The highest BCUT2D eigenvalue weighted by Crippen LogP contribution is 2.46. The van der Waals surface area contributed by atoms with Gasteiger partial charge in [-0.15, -0.1) is 0 Å². The maximum atomic E-state index is 5.66. The van der Waals surface area contributed by atoms with Crippen molar-refractivity contribution in [3.63, 3.8) is 0 Å². The number of nitrogens with zero attached hydrogens (tertiary/aromatic N) is 1. The lowest BCUT2D eigenvalue weighted by Crippen LogP contribution is -3.00. The molecular weight excluding hydrogens is 496 g/mol. The summed E-state index contributed by atoms with van der Waals surface area (Å²) in [6, 6.07) is 31.6. The number of para-hydroxylation sites is 1. The molecule has 3 heterocycles. The molecule has 3 aliphatic heterocycles. The number of hydrogen-bond donors (Lipinski definition) is 1. The molecule has 0 spiro atoms. The third-order valence-electron chi connectivity index (χ3n) is 8.27. The molecule has 184 valence electrons. The summed E-state index contributed by atoms with van der Waals surface area (Å²) >= 11 is 0. The molecule has 3 fully saturated rings. The van der Waals surface area contributed by atoms with Gasteiger partial charge < -0.3 is 31.5 Å². The van der Waals surface area contributed by atoms with Gasteiger partial charge in [0.05, 0.1) is 38.7 Å². The predicted octanol–water partition coefficient (Wildman–Crippen LogP) is 2.78. The second-order valence-corrected chi connectivity index (χ2v) is 9.98. The zero-order valence-corrected chi connectivity index (χ0v) is 22.2. The maximum absolute atomic E-state index is 5.66. The van der Waals surface area contributed by atoms with Gasteiger partial charge in [0.1, 0.15) is 11.8 Å². The Morgan fingerprint density at radius 3 is 2.06 bits per heavy atom. The predicted molar refractivity (Wildman–Crippen MR) is 140 cm³/mol. The van der Waals surface area contributed by atoms with E-state index in [0.29, 0.717) is 23.9 Å². The van der Waals surface area contributed by atoms with E-state index in [1.807, 2.05) is 6.07 Å². The van der Waals surface area contributed by atoms with E-state index >= 15 is 0 Å². The van der Waals surface area contributed by atoms with E-state index in [-0.39, 0.29) is 17.0 Å². The van der Waals surface area contributed by atoms with Crippen LogP contribution in [0.5, 0.6) is 5.75 Å². The lowest BCUT2D eigenvalue weighted by molar-refractivity contribution is -0.963. The Hall–Kier alpha value is -2.40. The monoisotopic (exact) mass is 532 g/mol. The van der Waals surface area contributed by atoms with Crippen LogP contribution in [0.3, 0.4) is 0 Å².